The second-order valence-corrected chi connectivity index (χ2v) is 6.29. The van der Waals surface area contributed by atoms with Crippen molar-refractivity contribution < 1.29 is 9.84 Å². The smallest absolute Gasteiger partial charge is 0.139 e. The third-order valence-corrected chi connectivity index (χ3v) is 4.37. The molecule has 0 aliphatic rings. The number of rotatable bonds is 4. The van der Waals surface area contributed by atoms with Crippen molar-refractivity contribution in [1.29, 1.82) is 0 Å². The summed E-state index contributed by atoms with van der Waals surface area (Å²) >= 11 is 15.4. The zero-order valence-electron chi connectivity index (χ0n) is 10.7. The molecular weight excluding hydrogens is 363 g/mol. The van der Waals surface area contributed by atoms with Crippen LogP contribution >= 0.6 is 39.1 Å². The van der Waals surface area contributed by atoms with Crippen LogP contribution in [-0.4, -0.2) is 11.7 Å². The lowest BCUT2D eigenvalue weighted by Crippen LogP contribution is -2.29. The van der Waals surface area contributed by atoms with Crippen molar-refractivity contribution in [2.45, 2.75) is 12.5 Å². The van der Waals surface area contributed by atoms with Crippen LogP contribution in [0.1, 0.15) is 12.5 Å². The lowest BCUT2D eigenvalue weighted by molar-refractivity contribution is 0.00763. The highest BCUT2D eigenvalue weighted by Gasteiger charge is 2.24. The number of hydrogen-bond donors (Lipinski definition) is 1. The summed E-state index contributed by atoms with van der Waals surface area (Å²) in [6.45, 7) is 1.77. The minimum absolute atomic E-state index is 0.0781. The summed E-state index contributed by atoms with van der Waals surface area (Å²) in [6.07, 6.45) is 0. The molecule has 0 saturated carbocycles. The van der Waals surface area contributed by atoms with Crippen molar-refractivity contribution >= 4 is 39.1 Å². The van der Waals surface area contributed by atoms with Crippen LogP contribution in [0.25, 0.3) is 0 Å². The summed E-state index contributed by atoms with van der Waals surface area (Å²) in [4.78, 5) is 0. The molecule has 1 atom stereocenters. The van der Waals surface area contributed by atoms with Crippen LogP contribution in [-0.2, 0) is 5.60 Å². The minimum atomic E-state index is -1.11. The molecule has 0 aromatic heterocycles. The van der Waals surface area contributed by atoms with E-state index in [9.17, 15) is 5.11 Å². The fourth-order valence-electron chi connectivity index (χ4n) is 1.71. The lowest BCUT2D eigenvalue weighted by Gasteiger charge is -2.24. The summed E-state index contributed by atoms with van der Waals surface area (Å²) in [7, 11) is 0. The van der Waals surface area contributed by atoms with Crippen LogP contribution in [0.2, 0.25) is 10.0 Å². The Bertz CT molecular complexity index is 600. The summed E-state index contributed by atoms with van der Waals surface area (Å²) in [5.41, 5.74) is -0.330. The zero-order valence-corrected chi connectivity index (χ0v) is 13.8. The average Bonchev–Trinajstić information content (AvgIpc) is 2.42. The largest absolute Gasteiger partial charge is 0.489 e. The van der Waals surface area contributed by atoms with Gasteiger partial charge in [0.05, 0.1) is 10.0 Å². The van der Waals surface area contributed by atoms with E-state index in [-0.39, 0.29) is 6.61 Å². The molecule has 1 N–H and O–H groups in total. The number of ether oxygens (including phenoxy) is 1. The predicted octanol–water partition coefficient (Wildman–Crippen LogP) is 5.04. The van der Waals surface area contributed by atoms with Crippen molar-refractivity contribution in [3.63, 3.8) is 0 Å². The van der Waals surface area contributed by atoms with Crippen molar-refractivity contribution in [3.8, 4) is 5.75 Å². The molecule has 0 heterocycles. The van der Waals surface area contributed by atoms with E-state index in [2.05, 4.69) is 15.9 Å². The van der Waals surface area contributed by atoms with Gasteiger partial charge in [-0.3, -0.25) is 0 Å². The van der Waals surface area contributed by atoms with Gasteiger partial charge in [-0.15, -0.1) is 0 Å². The molecule has 20 heavy (non-hydrogen) atoms. The van der Waals surface area contributed by atoms with E-state index >= 15 is 0 Å². The van der Waals surface area contributed by atoms with Gasteiger partial charge in [0.15, 0.2) is 0 Å². The maximum absolute atomic E-state index is 10.5. The summed E-state index contributed by atoms with van der Waals surface area (Å²) in [6, 6.07) is 12.6. The van der Waals surface area contributed by atoms with Crippen LogP contribution in [0, 0.1) is 0 Å². The van der Waals surface area contributed by atoms with Gasteiger partial charge in [0.2, 0.25) is 0 Å². The van der Waals surface area contributed by atoms with Crippen molar-refractivity contribution in [2.75, 3.05) is 6.61 Å². The van der Waals surface area contributed by atoms with E-state index in [1.165, 1.54) is 0 Å². The first kappa shape index (κ1) is 15.6. The molecule has 0 saturated heterocycles. The summed E-state index contributed by atoms with van der Waals surface area (Å²) in [5.74, 6) is 0.441. The monoisotopic (exact) mass is 374 g/mol. The van der Waals surface area contributed by atoms with Gasteiger partial charge < -0.3 is 9.84 Å². The maximum Gasteiger partial charge on any atom is 0.139 e. The molecule has 2 rings (SSSR count). The van der Waals surface area contributed by atoms with Gasteiger partial charge in [0.25, 0.3) is 0 Å². The Morgan fingerprint density at radius 3 is 2.45 bits per heavy atom. The first-order valence-electron chi connectivity index (χ1n) is 5.95. The van der Waals surface area contributed by atoms with Gasteiger partial charge in [0, 0.05) is 10.5 Å². The molecule has 106 valence electrons. The Balaban J connectivity index is 2.14. The first-order chi connectivity index (χ1) is 9.40. The predicted molar refractivity (Wildman–Crippen MR) is 85.7 cm³/mol. The normalized spacial score (nSPS) is 13.8. The van der Waals surface area contributed by atoms with Gasteiger partial charge in [0.1, 0.15) is 18.0 Å². The van der Waals surface area contributed by atoms with E-state index in [4.69, 9.17) is 27.9 Å². The van der Waals surface area contributed by atoms with E-state index in [0.29, 0.717) is 20.3 Å². The Morgan fingerprint density at radius 2 is 1.80 bits per heavy atom. The fraction of sp³-hybridized carbons (Fsp3) is 0.200. The Labute approximate surface area is 136 Å². The van der Waals surface area contributed by atoms with E-state index < -0.39 is 5.60 Å². The Morgan fingerprint density at radius 1 is 1.15 bits per heavy atom. The van der Waals surface area contributed by atoms with Gasteiger partial charge >= 0.3 is 0 Å². The molecule has 0 bridgehead atoms. The molecule has 0 aliphatic heterocycles. The molecule has 0 aliphatic carbocycles. The molecule has 2 nitrogen and oxygen atoms in total. The third kappa shape index (κ3) is 3.67. The molecule has 0 spiro atoms. The van der Waals surface area contributed by atoms with E-state index in [1.807, 2.05) is 30.3 Å². The highest BCUT2D eigenvalue weighted by Crippen LogP contribution is 2.35. The van der Waals surface area contributed by atoms with Gasteiger partial charge in [-0.1, -0.05) is 53.5 Å². The van der Waals surface area contributed by atoms with E-state index in [0.717, 1.165) is 5.56 Å². The third-order valence-electron chi connectivity index (χ3n) is 2.88. The fourth-order valence-corrected chi connectivity index (χ4v) is 2.56. The molecule has 0 radical (unpaired) electrons. The van der Waals surface area contributed by atoms with E-state index in [1.54, 1.807) is 19.1 Å². The first-order valence-corrected chi connectivity index (χ1v) is 7.50. The number of aliphatic hydroxyl groups is 1. The molecule has 1 unspecified atom stereocenters. The number of hydrogen-bond acceptors (Lipinski definition) is 2. The standard InChI is InChI=1S/C15H13BrCl2O2/c1-15(19,10-5-3-2-4-6-10)9-20-14-8-12(17)11(16)7-13(14)18/h2-8,19H,9H2,1H3. The zero-order chi connectivity index (χ0) is 14.8. The van der Waals surface area contributed by atoms with Crippen LogP contribution in [0.5, 0.6) is 5.75 Å². The van der Waals surface area contributed by atoms with Crippen LogP contribution in [0.3, 0.4) is 0 Å². The van der Waals surface area contributed by atoms with Crippen LogP contribution < -0.4 is 4.74 Å². The molecule has 2 aromatic rings. The summed E-state index contributed by atoms with van der Waals surface area (Å²) in [5, 5.41) is 11.4. The number of halogens is 3. The number of benzene rings is 2. The van der Waals surface area contributed by atoms with Crippen molar-refractivity contribution in [1.82, 2.24) is 0 Å². The van der Waals surface area contributed by atoms with Crippen LogP contribution in [0.4, 0.5) is 0 Å². The molecule has 2 aromatic carbocycles. The molecule has 0 amide bonds. The highest BCUT2D eigenvalue weighted by molar-refractivity contribution is 9.10. The van der Waals surface area contributed by atoms with Crippen LogP contribution in [0.15, 0.2) is 46.9 Å². The van der Waals surface area contributed by atoms with Gasteiger partial charge in [-0.05, 0) is 34.5 Å². The SMILES string of the molecule is CC(O)(COc1cc(Cl)c(Br)cc1Cl)c1ccccc1. The van der Waals surface area contributed by atoms with Crippen molar-refractivity contribution in [3.05, 3.63) is 62.5 Å². The second-order valence-electron chi connectivity index (χ2n) is 4.63. The van der Waals surface area contributed by atoms with Gasteiger partial charge in [-0.25, -0.2) is 0 Å². The summed E-state index contributed by atoms with van der Waals surface area (Å²) < 4.78 is 6.30. The average molecular weight is 376 g/mol. The second kappa shape index (κ2) is 6.35. The Kier molecular flexibility index (Phi) is 4.97. The highest BCUT2D eigenvalue weighted by atomic mass is 79.9. The maximum atomic E-state index is 10.5. The minimum Gasteiger partial charge on any atom is -0.489 e. The molecule has 0 fully saturated rings. The molecule has 5 heteroatoms. The quantitative estimate of drug-likeness (QED) is 0.758. The lowest BCUT2D eigenvalue weighted by atomic mass is 9.97. The topological polar surface area (TPSA) is 29.5 Å². The molecular formula is C15H13BrCl2O2. The Hall–Kier alpha value is -0.740. The van der Waals surface area contributed by atoms with Gasteiger partial charge in [-0.2, -0.15) is 0 Å². The van der Waals surface area contributed by atoms with Crippen molar-refractivity contribution in [2.24, 2.45) is 0 Å².